The first-order valence-corrected chi connectivity index (χ1v) is 8.44. The fourth-order valence-electron chi connectivity index (χ4n) is 1.98. The standard InChI is InChI=1S/C15H13F3N2O5S/c1-19-9-2-4-10(5-3-9)20-26(23,24)11-6-7-13(25-15(16,17)18)12(8-11)14(21)22/h2-8,19-20H,1H3,(H,21,22). The van der Waals surface area contributed by atoms with Gasteiger partial charge in [0.15, 0.2) is 0 Å². The molecular formula is C15H13F3N2O5S. The second-order valence-corrected chi connectivity index (χ2v) is 6.63. The van der Waals surface area contributed by atoms with Crippen molar-refractivity contribution in [2.75, 3.05) is 17.1 Å². The van der Waals surface area contributed by atoms with Crippen LogP contribution in [0, 0.1) is 0 Å². The number of rotatable bonds is 6. The van der Waals surface area contributed by atoms with Crippen LogP contribution in [0.2, 0.25) is 0 Å². The van der Waals surface area contributed by atoms with E-state index in [1.54, 1.807) is 19.2 Å². The minimum Gasteiger partial charge on any atom is -0.478 e. The molecule has 0 aliphatic heterocycles. The van der Waals surface area contributed by atoms with Crippen molar-refractivity contribution >= 4 is 27.4 Å². The van der Waals surface area contributed by atoms with Crippen LogP contribution in [0.25, 0.3) is 0 Å². The summed E-state index contributed by atoms with van der Waals surface area (Å²) in [5, 5.41) is 11.9. The lowest BCUT2D eigenvalue weighted by molar-refractivity contribution is -0.274. The summed E-state index contributed by atoms with van der Waals surface area (Å²) in [6.07, 6.45) is -5.11. The van der Waals surface area contributed by atoms with E-state index in [2.05, 4.69) is 14.8 Å². The highest BCUT2D eigenvalue weighted by Crippen LogP contribution is 2.29. The van der Waals surface area contributed by atoms with Crippen molar-refractivity contribution in [3.8, 4) is 5.75 Å². The average molecular weight is 390 g/mol. The molecule has 0 bridgehead atoms. The van der Waals surface area contributed by atoms with Crippen molar-refractivity contribution in [2.45, 2.75) is 11.3 Å². The van der Waals surface area contributed by atoms with Crippen molar-refractivity contribution in [2.24, 2.45) is 0 Å². The van der Waals surface area contributed by atoms with Gasteiger partial charge in [0, 0.05) is 18.4 Å². The zero-order valence-corrected chi connectivity index (χ0v) is 14.0. The zero-order chi connectivity index (χ0) is 19.5. The number of anilines is 2. The quantitative estimate of drug-likeness (QED) is 0.700. The van der Waals surface area contributed by atoms with E-state index >= 15 is 0 Å². The first kappa shape index (κ1) is 19.4. The number of carboxylic acids is 1. The van der Waals surface area contributed by atoms with Crippen LogP contribution in [-0.2, 0) is 10.0 Å². The normalized spacial score (nSPS) is 11.7. The number of benzene rings is 2. The van der Waals surface area contributed by atoms with E-state index in [0.717, 1.165) is 11.8 Å². The lowest BCUT2D eigenvalue weighted by Crippen LogP contribution is -2.20. The Morgan fingerprint density at radius 1 is 1.08 bits per heavy atom. The molecule has 26 heavy (non-hydrogen) atoms. The molecular weight excluding hydrogens is 377 g/mol. The SMILES string of the molecule is CNc1ccc(NS(=O)(=O)c2ccc(OC(F)(F)F)c(C(=O)O)c2)cc1. The number of hydrogen-bond acceptors (Lipinski definition) is 5. The number of halogens is 3. The molecule has 2 rings (SSSR count). The fourth-order valence-corrected chi connectivity index (χ4v) is 3.06. The van der Waals surface area contributed by atoms with Crippen LogP contribution in [0.4, 0.5) is 24.5 Å². The number of aromatic carboxylic acids is 1. The van der Waals surface area contributed by atoms with Crippen molar-refractivity contribution in [3.05, 3.63) is 48.0 Å². The predicted octanol–water partition coefficient (Wildman–Crippen LogP) is 3.13. The monoisotopic (exact) mass is 390 g/mol. The number of hydrogen-bond donors (Lipinski definition) is 3. The topological polar surface area (TPSA) is 105 Å². The molecule has 2 aromatic rings. The second-order valence-electron chi connectivity index (χ2n) is 4.94. The smallest absolute Gasteiger partial charge is 0.478 e. The predicted molar refractivity (Wildman–Crippen MR) is 86.9 cm³/mol. The van der Waals surface area contributed by atoms with Gasteiger partial charge in [-0.25, -0.2) is 13.2 Å². The summed E-state index contributed by atoms with van der Waals surface area (Å²) >= 11 is 0. The fraction of sp³-hybridized carbons (Fsp3) is 0.133. The van der Waals surface area contributed by atoms with Crippen LogP contribution in [0.3, 0.4) is 0 Å². The molecule has 0 saturated carbocycles. The van der Waals surface area contributed by atoms with E-state index in [1.807, 2.05) is 0 Å². The molecule has 2 aromatic carbocycles. The van der Waals surface area contributed by atoms with Crippen molar-refractivity contribution in [1.82, 2.24) is 0 Å². The van der Waals surface area contributed by atoms with Crippen LogP contribution >= 0.6 is 0 Å². The maximum Gasteiger partial charge on any atom is 0.573 e. The Morgan fingerprint density at radius 2 is 1.65 bits per heavy atom. The van der Waals surface area contributed by atoms with Gasteiger partial charge in [0.1, 0.15) is 11.3 Å². The molecule has 3 N–H and O–H groups in total. The molecule has 0 aliphatic rings. The third-order valence-corrected chi connectivity index (χ3v) is 4.52. The molecule has 0 saturated heterocycles. The third kappa shape index (κ3) is 4.79. The van der Waals surface area contributed by atoms with Crippen LogP contribution < -0.4 is 14.8 Å². The number of sulfonamides is 1. The zero-order valence-electron chi connectivity index (χ0n) is 13.2. The van der Waals surface area contributed by atoms with E-state index < -0.39 is 38.6 Å². The van der Waals surface area contributed by atoms with Gasteiger partial charge < -0.3 is 15.2 Å². The van der Waals surface area contributed by atoms with E-state index in [9.17, 15) is 26.4 Å². The Labute approximate surface area is 146 Å². The Balaban J connectivity index is 2.36. The summed E-state index contributed by atoms with van der Waals surface area (Å²) < 4.78 is 67.5. The first-order valence-electron chi connectivity index (χ1n) is 6.95. The minimum absolute atomic E-state index is 0.191. The molecule has 0 aliphatic carbocycles. The molecule has 0 atom stereocenters. The van der Waals surface area contributed by atoms with Gasteiger partial charge in [-0.3, -0.25) is 4.72 Å². The number of alkyl halides is 3. The molecule has 0 amide bonds. The summed E-state index contributed by atoms with van der Waals surface area (Å²) in [4.78, 5) is 10.6. The number of carbonyl (C=O) groups is 1. The van der Waals surface area contributed by atoms with Crippen molar-refractivity contribution < 1.29 is 36.2 Å². The average Bonchev–Trinajstić information content (AvgIpc) is 2.53. The Morgan fingerprint density at radius 3 is 2.15 bits per heavy atom. The molecule has 7 nitrogen and oxygen atoms in total. The summed E-state index contributed by atoms with van der Waals surface area (Å²) in [6, 6.07) is 8.16. The van der Waals surface area contributed by atoms with E-state index in [1.165, 1.54) is 12.1 Å². The molecule has 140 valence electrons. The summed E-state index contributed by atoms with van der Waals surface area (Å²) in [5.41, 5.74) is -0.0120. The van der Waals surface area contributed by atoms with Crippen LogP contribution in [-0.4, -0.2) is 32.9 Å². The molecule has 0 radical (unpaired) electrons. The van der Waals surface area contributed by atoms with E-state index in [4.69, 9.17) is 5.11 Å². The maximum atomic E-state index is 12.3. The Kier molecular flexibility index (Phi) is 5.30. The molecule has 0 aromatic heterocycles. The molecule has 11 heteroatoms. The Hall–Kier alpha value is -2.95. The van der Waals surface area contributed by atoms with Gasteiger partial charge in [-0.2, -0.15) is 0 Å². The van der Waals surface area contributed by atoms with Crippen LogP contribution in [0.1, 0.15) is 10.4 Å². The van der Waals surface area contributed by atoms with Crippen LogP contribution in [0.15, 0.2) is 47.4 Å². The summed E-state index contributed by atoms with van der Waals surface area (Å²) in [6.45, 7) is 0. The highest BCUT2D eigenvalue weighted by molar-refractivity contribution is 7.92. The molecule has 0 spiro atoms. The number of ether oxygens (including phenoxy) is 1. The van der Waals surface area contributed by atoms with Gasteiger partial charge in [-0.05, 0) is 42.5 Å². The van der Waals surface area contributed by atoms with Gasteiger partial charge in [-0.15, -0.1) is 13.2 Å². The van der Waals surface area contributed by atoms with Crippen molar-refractivity contribution in [1.29, 1.82) is 0 Å². The lowest BCUT2D eigenvalue weighted by Gasteiger charge is -2.13. The number of carboxylic acid groups (broad SMARTS) is 1. The minimum atomic E-state index is -5.11. The van der Waals surface area contributed by atoms with Gasteiger partial charge in [0.2, 0.25) is 0 Å². The highest BCUT2D eigenvalue weighted by Gasteiger charge is 2.33. The van der Waals surface area contributed by atoms with E-state index in [-0.39, 0.29) is 5.69 Å². The largest absolute Gasteiger partial charge is 0.573 e. The highest BCUT2D eigenvalue weighted by atomic mass is 32.2. The van der Waals surface area contributed by atoms with Crippen LogP contribution in [0.5, 0.6) is 5.75 Å². The second kappa shape index (κ2) is 7.12. The molecule has 0 unspecified atom stereocenters. The Bertz CT molecular complexity index is 912. The summed E-state index contributed by atoms with van der Waals surface area (Å²) in [7, 11) is -2.54. The molecule has 0 fully saturated rings. The van der Waals surface area contributed by atoms with Gasteiger partial charge in [0.25, 0.3) is 10.0 Å². The first-order chi connectivity index (χ1) is 12.0. The number of nitrogens with one attached hydrogen (secondary N) is 2. The van der Waals surface area contributed by atoms with Gasteiger partial charge in [0.05, 0.1) is 4.90 Å². The van der Waals surface area contributed by atoms with Gasteiger partial charge in [-0.1, -0.05) is 0 Å². The third-order valence-electron chi connectivity index (χ3n) is 3.14. The molecule has 0 heterocycles. The maximum absolute atomic E-state index is 12.3. The van der Waals surface area contributed by atoms with Crippen molar-refractivity contribution in [3.63, 3.8) is 0 Å². The summed E-state index contributed by atoms with van der Waals surface area (Å²) in [5.74, 6) is -2.78. The van der Waals surface area contributed by atoms with E-state index in [0.29, 0.717) is 12.1 Å². The van der Waals surface area contributed by atoms with Gasteiger partial charge >= 0.3 is 12.3 Å². The lowest BCUT2D eigenvalue weighted by atomic mass is 10.2.